The summed E-state index contributed by atoms with van der Waals surface area (Å²) in [6, 6.07) is 14.5. The Labute approximate surface area is 146 Å². The number of piperidine rings is 1. The van der Waals surface area contributed by atoms with Crippen LogP contribution in [0.3, 0.4) is 0 Å². The Bertz CT molecular complexity index is 700. The van der Waals surface area contributed by atoms with Gasteiger partial charge in [-0.2, -0.15) is 0 Å². The van der Waals surface area contributed by atoms with Crippen LogP contribution in [-0.2, 0) is 0 Å². The van der Waals surface area contributed by atoms with Crippen molar-refractivity contribution in [2.45, 2.75) is 18.9 Å². The number of nitro groups is 1. The van der Waals surface area contributed by atoms with Crippen LogP contribution in [0.15, 0.2) is 54.6 Å². The van der Waals surface area contributed by atoms with E-state index in [-0.39, 0.29) is 23.1 Å². The van der Waals surface area contributed by atoms with Crippen LogP contribution >= 0.6 is 0 Å². The number of carbonyl (C=O) groups is 1. The minimum atomic E-state index is -0.545. The van der Waals surface area contributed by atoms with Gasteiger partial charge in [-0.3, -0.25) is 14.9 Å². The lowest BCUT2D eigenvalue weighted by atomic mass is 10.0. The van der Waals surface area contributed by atoms with Crippen molar-refractivity contribution in [1.29, 1.82) is 0 Å². The highest BCUT2D eigenvalue weighted by Gasteiger charge is 2.19. The van der Waals surface area contributed by atoms with Crippen LogP contribution in [-0.4, -0.2) is 47.0 Å². The van der Waals surface area contributed by atoms with Gasteiger partial charge in [-0.25, -0.2) is 0 Å². The molecule has 1 aliphatic rings. The first-order valence-electron chi connectivity index (χ1n) is 8.19. The van der Waals surface area contributed by atoms with Gasteiger partial charge in [0.05, 0.1) is 11.0 Å². The summed E-state index contributed by atoms with van der Waals surface area (Å²) in [7, 11) is 2.09. The van der Waals surface area contributed by atoms with Gasteiger partial charge in [0, 0.05) is 24.7 Å². The summed E-state index contributed by atoms with van der Waals surface area (Å²) in [6.07, 6.45) is 1.89. The summed E-state index contributed by atoms with van der Waals surface area (Å²) in [5.41, 5.74) is 0.395. The zero-order valence-corrected chi connectivity index (χ0v) is 14.2. The fraction of sp³-hybridized carbons (Fsp3) is 0.316. The molecule has 0 saturated carbocycles. The molecule has 0 atom stereocenters. The van der Waals surface area contributed by atoms with E-state index < -0.39 is 4.92 Å². The zero-order chi connectivity index (χ0) is 18.2. The number of aliphatic hydroxyl groups is 1. The molecule has 1 N–H and O–H groups in total. The van der Waals surface area contributed by atoms with E-state index in [1.807, 2.05) is 0 Å². The maximum absolute atomic E-state index is 12.1. The van der Waals surface area contributed by atoms with E-state index in [2.05, 4.69) is 11.9 Å². The summed E-state index contributed by atoms with van der Waals surface area (Å²) in [5, 5.41) is 19.8. The largest absolute Gasteiger partial charge is 0.393 e. The number of para-hydroxylation sites is 1. The van der Waals surface area contributed by atoms with Gasteiger partial charge in [0.15, 0.2) is 5.78 Å². The second kappa shape index (κ2) is 9.05. The Morgan fingerprint density at radius 3 is 2.20 bits per heavy atom. The number of hydrogen-bond donors (Lipinski definition) is 1. The van der Waals surface area contributed by atoms with E-state index >= 15 is 0 Å². The predicted octanol–water partition coefficient (Wildman–Crippen LogP) is 2.90. The quantitative estimate of drug-likeness (QED) is 0.527. The van der Waals surface area contributed by atoms with Gasteiger partial charge in [0.1, 0.15) is 5.56 Å². The number of nitro benzene ring substituents is 1. The molecule has 0 radical (unpaired) electrons. The van der Waals surface area contributed by atoms with Gasteiger partial charge >= 0.3 is 0 Å². The van der Waals surface area contributed by atoms with Crippen molar-refractivity contribution < 1.29 is 14.8 Å². The Morgan fingerprint density at radius 2 is 1.64 bits per heavy atom. The van der Waals surface area contributed by atoms with E-state index in [0.29, 0.717) is 5.56 Å². The molecule has 3 rings (SSSR count). The van der Waals surface area contributed by atoms with Gasteiger partial charge in [-0.1, -0.05) is 42.5 Å². The highest BCUT2D eigenvalue weighted by Crippen LogP contribution is 2.20. The number of carbonyl (C=O) groups excluding carboxylic acids is 1. The first-order chi connectivity index (χ1) is 12.0. The van der Waals surface area contributed by atoms with E-state index in [1.54, 1.807) is 42.5 Å². The maximum Gasteiger partial charge on any atom is 0.280 e. The molecule has 2 aromatic carbocycles. The first kappa shape index (κ1) is 18.8. The number of ketones is 1. The summed E-state index contributed by atoms with van der Waals surface area (Å²) < 4.78 is 0. The molecule has 1 saturated heterocycles. The average molecular weight is 342 g/mol. The summed E-state index contributed by atoms with van der Waals surface area (Å²) >= 11 is 0. The molecule has 0 unspecified atom stereocenters. The highest BCUT2D eigenvalue weighted by atomic mass is 16.6. The third-order valence-corrected chi connectivity index (χ3v) is 4.07. The van der Waals surface area contributed by atoms with Crippen LogP contribution in [0.25, 0.3) is 0 Å². The van der Waals surface area contributed by atoms with Crippen LogP contribution < -0.4 is 0 Å². The number of likely N-dealkylation sites (tertiary alicyclic amines) is 1. The molecule has 25 heavy (non-hydrogen) atoms. The molecular formula is C19H22N2O4. The fourth-order valence-corrected chi connectivity index (χ4v) is 2.56. The summed E-state index contributed by atoms with van der Waals surface area (Å²) in [6.45, 7) is 2.11. The normalized spacial score (nSPS) is 15.1. The van der Waals surface area contributed by atoms with Crippen molar-refractivity contribution in [3.05, 3.63) is 75.8 Å². The van der Waals surface area contributed by atoms with Crippen LogP contribution in [0.4, 0.5) is 5.69 Å². The molecule has 1 aliphatic heterocycles. The molecule has 0 aromatic heterocycles. The van der Waals surface area contributed by atoms with E-state index in [1.165, 1.54) is 12.1 Å². The molecule has 6 nitrogen and oxygen atoms in total. The SMILES string of the molecule is CN1CCC(O)CC1.O=C(c1ccccc1)c1ccccc1[N+](=O)[O-]. The van der Waals surface area contributed by atoms with Crippen molar-refractivity contribution in [3.63, 3.8) is 0 Å². The smallest absolute Gasteiger partial charge is 0.280 e. The molecule has 0 spiro atoms. The van der Waals surface area contributed by atoms with Gasteiger partial charge in [-0.15, -0.1) is 0 Å². The molecule has 132 valence electrons. The predicted molar refractivity (Wildman–Crippen MR) is 95.7 cm³/mol. The van der Waals surface area contributed by atoms with Gasteiger partial charge < -0.3 is 10.0 Å². The average Bonchev–Trinajstić information content (AvgIpc) is 2.65. The molecule has 0 aliphatic carbocycles. The van der Waals surface area contributed by atoms with Gasteiger partial charge in [0.25, 0.3) is 5.69 Å². The maximum atomic E-state index is 12.1. The van der Waals surface area contributed by atoms with Crippen molar-refractivity contribution in [1.82, 2.24) is 4.90 Å². The van der Waals surface area contributed by atoms with Crippen molar-refractivity contribution >= 4 is 11.5 Å². The molecule has 6 heteroatoms. The van der Waals surface area contributed by atoms with Crippen molar-refractivity contribution in [2.75, 3.05) is 20.1 Å². The first-order valence-corrected chi connectivity index (χ1v) is 8.19. The third-order valence-electron chi connectivity index (χ3n) is 4.07. The topological polar surface area (TPSA) is 83.7 Å². The Morgan fingerprint density at radius 1 is 1.08 bits per heavy atom. The van der Waals surface area contributed by atoms with Crippen LogP contribution in [0.1, 0.15) is 28.8 Å². The lowest BCUT2D eigenvalue weighted by Gasteiger charge is -2.25. The van der Waals surface area contributed by atoms with Crippen LogP contribution in [0.2, 0.25) is 0 Å². The number of benzene rings is 2. The molecule has 0 amide bonds. The minimum Gasteiger partial charge on any atom is -0.393 e. The Kier molecular flexibility index (Phi) is 6.80. The number of nitrogens with zero attached hydrogens (tertiary/aromatic N) is 2. The number of rotatable bonds is 3. The fourth-order valence-electron chi connectivity index (χ4n) is 2.56. The van der Waals surface area contributed by atoms with Crippen LogP contribution in [0.5, 0.6) is 0 Å². The van der Waals surface area contributed by atoms with E-state index in [9.17, 15) is 14.9 Å². The lowest BCUT2D eigenvalue weighted by Crippen LogP contribution is -2.32. The Hall–Kier alpha value is -2.57. The highest BCUT2D eigenvalue weighted by molar-refractivity contribution is 6.11. The molecular weight excluding hydrogens is 320 g/mol. The lowest BCUT2D eigenvalue weighted by molar-refractivity contribution is -0.385. The van der Waals surface area contributed by atoms with Crippen LogP contribution in [0, 0.1) is 10.1 Å². The number of hydrogen-bond acceptors (Lipinski definition) is 5. The standard InChI is InChI=1S/C13H9NO3.C6H13NO/c15-13(10-6-2-1-3-7-10)11-8-4-5-9-12(11)14(16)17;1-7-4-2-6(8)3-5-7/h1-9H;6,8H,2-5H2,1H3. The number of aliphatic hydroxyl groups excluding tert-OH is 1. The van der Waals surface area contributed by atoms with Gasteiger partial charge in [0.2, 0.25) is 0 Å². The zero-order valence-electron chi connectivity index (χ0n) is 14.2. The summed E-state index contributed by atoms with van der Waals surface area (Å²) in [4.78, 5) is 24.6. The second-order valence-corrected chi connectivity index (χ2v) is 6.00. The van der Waals surface area contributed by atoms with Crippen molar-refractivity contribution in [2.24, 2.45) is 0 Å². The third kappa shape index (κ3) is 5.48. The monoisotopic (exact) mass is 342 g/mol. The molecule has 2 aromatic rings. The molecule has 0 bridgehead atoms. The van der Waals surface area contributed by atoms with E-state index in [4.69, 9.17) is 5.11 Å². The minimum absolute atomic E-state index is 0.0220. The van der Waals surface area contributed by atoms with E-state index in [0.717, 1.165) is 25.9 Å². The Balaban J connectivity index is 0.000000236. The summed E-state index contributed by atoms with van der Waals surface area (Å²) in [5.74, 6) is -0.335. The second-order valence-electron chi connectivity index (χ2n) is 6.00. The molecule has 1 fully saturated rings. The van der Waals surface area contributed by atoms with Crippen molar-refractivity contribution in [3.8, 4) is 0 Å². The van der Waals surface area contributed by atoms with Gasteiger partial charge in [-0.05, 0) is 26.0 Å². The molecule has 1 heterocycles.